The van der Waals surface area contributed by atoms with Crippen molar-refractivity contribution < 1.29 is 45.5 Å². The molecule has 4 heterocycles. The Balaban J connectivity index is 1.55. The topological polar surface area (TPSA) is 118 Å². The van der Waals surface area contributed by atoms with Gasteiger partial charge in [0.05, 0.1) is 36.7 Å². The van der Waals surface area contributed by atoms with E-state index in [1.165, 1.54) is 23.5 Å². The summed E-state index contributed by atoms with van der Waals surface area (Å²) in [6.45, 7) is 3.23. The molecule has 0 spiro atoms. The van der Waals surface area contributed by atoms with E-state index in [2.05, 4.69) is 15.3 Å². The predicted molar refractivity (Wildman–Crippen MR) is 132 cm³/mol. The van der Waals surface area contributed by atoms with Gasteiger partial charge in [0.1, 0.15) is 11.9 Å². The number of alkyl carbamates (subject to hydrolysis) is 1. The lowest BCUT2D eigenvalue weighted by Gasteiger charge is -2.36. The number of halogens is 5. The molecule has 0 aliphatic carbocycles. The Morgan fingerprint density at radius 3 is 2.56 bits per heavy atom. The van der Waals surface area contributed by atoms with Gasteiger partial charge in [-0.3, -0.25) is 9.59 Å². The first-order valence-electron chi connectivity index (χ1n) is 12.9. The molecule has 2 aromatic rings. The number of nitrogens with zero attached hydrogens (tertiary/aromatic N) is 4. The highest BCUT2D eigenvalue weighted by atomic mass is 19.4. The Bertz CT molecular complexity index is 1290. The summed E-state index contributed by atoms with van der Waals surface area (Å²) < 4.78 is 79.8. The highest BCUT2D eigenvalue weighted by Gasteiger charge is 2.41. The fourth-order valence-corrected chi connectivity index (χ4v) is 4.70. The maximum atomic E-state index is 14.0. The molecule has 0 saturated carbocycles. The van der Waals surface area contributed by atoms with Crippen molar-refractivity contribution >= 4 is 17.9 Å². The predicted octanol–water partition coefficient (Wildman–Crippen LogP) is 4.18. The molecule has 4 rings (SSSR count). The summed E-state index contributed by atoms with van der Waals surface area (Å²) in [5, 5.41) is 2.48. The first-order valence-corrected chi connectivity index (χ1v) is 12.9. The largest absolute Gasteiger partial charge is 0.472 e. The lowest BCUT2D eigenvalue weighted by molar-refractivity contribution is -0.148. The zero-order valence-electron chi connectivity index (χ0n) is 22.7. The average Bonchev–Trinajstić information content (AvgIpc) is 3.38. The number of fused-ring (bicyclic) bond motifs is 1. The molecule has 10 nitrogen and oxygen atoms in total. The number of nitrogens with one attached hydrogen (secondary N) is 1. The maximum Gasteiger partial charge on any atom is 0.433 e. The van der Waals surface area contributed by atoms with E-state index in [4.69, 9.17) is 9.15 Å². The summed E-state index contributed by atoms with van der Waals surface area (Å²) in [5.41, 5.74) is -1.89. The third-order valence-corrected chi connectivity index (χ3v) is 6.53. The number of piperidine rings is 1. The molecule has 0 unspecified atom stereocenters. The molecule has 0 radical (unpaired) electrons. The molecule has 15 heteroatoms. The van der Waals surface area contributed by atoms with Gasteiger partial charge in [0, 0.05) is 37.9 Å². The van der Waals surface area contributed by atoms with Crippen molar-refractivity contribution in [1.29, 1.82) is 0 Å². The van der Waals surface area contributed by atoms with Crippen LogP contribution in [0.3, 0.4) is 0 Å². The third-order valence-electron chi connectivity index (χ3n) is 6.53. The Hall–Kier alpha value is -3.78. The van der Waals surface area contributed by atoms with Crippen LogP contribution in [0.1, 0.15) is 57.0 Å². The van der Waals surface area contributed by atoms with Gasteiger partial charge in [-0.1, -0.05) is 0 Å². The van der Waals surface area contributed by atoms with Crippen molar-refractivity contribution in [3.8, 4) is 11.4 Å². The average molecular weight is 588 g/mol. The molecule has 0 bridgehead atoms. The van der Waals surface area contributed by atoms with Crippen LogP contribution in [0.4, 0.5) is 26.7 Å². The second-order valence-electron chi connectivity index (χ2n) is 11.1. The van der Waals surface area contributed by atoms with Gasteiger partial charge in [0.2, 0.25) is 11.8 Å². The van der Waals surface area contributed by atoms with Crippen LogP contribution in [-0.4, -0.2) is 74.9 Å². The quantitative estimate of drug-likeness (QED) is 0.504. The number of furan rings is 1. The number of aromatic nitrogens is 2. The van der Waals surface area contributed by atoms with E-state index >= 15 is 0 Å². The van der Waals surface area contributed by atoms with Gasteiger partial charge >= 0.3 is 12.3 Å². The summed E-state index contributed by atoms with van der Waals surface area (Å²) >= 11 is 0. The van der Waals surface area contributed by atoms with Crippen LogP contribution in [0, 0.1) is 0 Å². The molecule has 2 aliphatic heterocycles. The fraction of sp³-hybridized carbons (Fsp3) is 0.577. The molecular formula is C26H30F5N5O5. The summed E-state index contributed by atoms with van der Waals surface area (Å²) in [4.78, 5) is 48.3. The lowest BCUT2D eigenvalue weighted by Crippen LogP contribution is -2.53. The molecule has 1 atom stereocenters. The molecule has 1 saturated heterocycles. The molecule has 1 fully saturated rings. The van der Waals surface area contributed by atoms with Gasteiger partial charge < -0.3 is 24.3 Å². The van der Waals surface area contributed by atoms with Gasteiger partial charge in [-0.2, -0.15) is 13.2 Å². The van der Waals surface area contributed by atoms with Gasteiger partial charge in [0.15, 0.2) is 11.5 Å². The molecule has 2 aliphatic rings. The number of likely N-dealkylation sites (tertiary alicyclic amines) is 1. The first kappa shape index (κ1) is 30.2. The van der Waals surface area contributed by atoms with Crippen molar-refractivity contribution in [3.63, 3.8) is 0 Å². The van der Waals surface area contributed by atoms with Crippen LogP contribution < -0.4 is 5.32 Å². The summed E-state index contributed by atoms with van der Waals surface area (Å²) in [7, 11) is 0. The van der Waals surface area contributed by atoms with E-state index in [9.17, 15) is 36.3 Å². The Labute approximate surface area is 232 Å². The molecule has 1 N–H and O–H groups in total. The molecule has 0 aromatic carbocycles. The van der Waals surface area contributed by atoms with E-state index in [1.807, 2.05) is 0 Å². The van der Waals surface area contributed by atoms with Crippen LogP contribution in [0.15, 0.2) is 23.0 Å². The Morgan fingerprint density at radius 2 is 1.93 bits per heavy atom. The van der Waals surface area contributed by atoms with Gasteiger partial charge in [-0.15, -0.1) is 0 Å². The molecule has 2 aromatic heterocycles. The number of rotatable bonds is 6. The van der Waals surface area contributed by atoms with Crippen molar-refractivity contribution in [2.45, 2.75) is 76.7 Å². The van der Waals surface area contributed by atoms with E-state index in [1.54, 1.807) is 20.8 Å². The van der Waals surface area contributed by atoms with Crippen LogP contribution >= 0.6 is 0 Å². The Kier molecular flexibility index (Phi) is 8.28. The van der Waals surface area contributed by atoms with Crippen molar-refractivity contribution in [2.24, 2.45) is 0 Å². The number of ether oxygens (including phenoxy) is 1. The number of hydrogen-bond donors (Lipinski definition) is 1. The molecule has 224 valence electrons. The summed E-state index contributed by atoms with van der Waals surface area (Å²) in [6, 6.07) is 0.306. The summed E-state index contributed by atoms with van der Waals surface area (Å²) in [6.07, 6.45) is -4.79. The highest BCUT2D eigenvalue weighted by molar-refractivity contribution is 5.80. The number of amides is 3. The van der Waals surface area contributed by atoms with Crippen LogP contribution in [0.25, 0.3) is 11.4 Å². The second kappa shape index (κ2) is 11.2. The van der Waals surface area contributed by atoms with Crippen molar-refractivity contribution in [2.75, 3.05) is 19.6 Å². The SMILES string of the molecule is CC(C)(C)OC(=O)N[C@@H](CC(=O)N1CCc2c(nc(-c3ccoc3)nc2C(F)(F)F)C1)CN1CC(F)(F)CCC1=O. The van der Waals surface area contributed by atoms with Crippen LogP contribution in [0.2, 0.25) is 0 Å². The maximum absolute atomic E-state index is 14.0. The minimum absolute atomic E-state index is 0.00521. The number of carbonyl (C=O) groups excluding carboxylic acids is 3. The zero-order chi connectivity index (χ0) is 30.2. The van der Waals surface area contributed by atoms with Crippen LogP contribution in [0.5, 0.6) is 0 Å². The zero-order valence-corrected chi connectivity index (χ0v) is 22.7. The van der Waals surface area contributed by atoms with E-state index in [0.717, 1.165) is 4.90 Å². The second-order valence-corrected chi connectivity index (χ2v) is 11.1. The van der Waals surface area contributed by atoms with Gasteiger partial charge in [0.25, 0.3) is 5.92 Å². The number of carbonyl (C=O) groups is 3. The van der Waals surface area contributed by atoms with Crippen molar-refractivity contribution in [3.05, 3.63) is 35.5 Å². The first-order chi connectivity index (χ1) is 19.0. The van der Waals surface area contributed by atoms with Crippen molar-refractivity contribution in [1.82, 2.24) is 25.1 Å². The minimum Gasteiger partial charge on any atom is -0.472 e. The molecule has 41 heavy (non-hydrogen) atoms. The van der Waals surface area contributed by atoms with E-state index in [-0.39, 0.29) is 55.1 Å². The van der Waals surface area contributed by atoms with E-state index < -0.39 is 66.7 Å². The van der Waals surface area contributed by atoms with E-state index in [0.29, 0.717) is 0 Å². The standard InChI is InChI=1S/C26H30F5N5O5/c1-24(2,3)41-23(39)32-16(11-36-14-25(27,28)7-4-19(36)37)10-20(38)35-8-5-17-18(12-35)33-22(15-6-9-40-13-15)34-21(17)26(29,30)31/h6,9,13,16H,4-5,7-8,10-12,14H2,1-3H3,(H,32,39)/t16-/m0/s1. The third kappa shape index (κ3) is 7.70. The smallest absolute Gasteiger partial charge is 0.433 e. The minimum atomic E-state index is -4.76. The van der Waals surface area contributed by atoms with Gasteiger partial charge in [-0.25, -0.2) is 23.5 Å². The monoisotopic (exact) mass is 587 g/mol. The number of alkyl halides is 5. The summed E-state index contributed by atoms with van der Waals surface area (Å²) in [5.74, 6) is -4.46. The fourth-order valence-electron chi connectivity index (χ4n) is 4.70. The van der Waals surface area contributed by atoms with Gasteiger partial charge in [-0.05, 0) is 33.3 Å². The Morgan fingerprint density at radius 1 is 1.20 bits per heavy atom. The molecule has 3 amide bonds. The normalized spacial score (nSPS) is 18.1. The lowest BCUT2D eigenvalue weighted by atomic mass is 10.0. The molecular weight excluding hydrogens is 557 g/mol. The number of hydrogen-bond acceptors (Lipinski definition) is 7. The van der Waals surface area contributed by atoms with Crippen LogP contribution in [-0.2, 0) is 33.5 Å². The highest BCUT2D eigenvalue weighted by Crippen LogP contribution is 2.35.